The number of carbonyl (C=O) groups excluding carboxylic acids is 3. The summed E-state index contributed by atoms with van der Waals surface area (Å²) in [4.78, 5) is 36.3. The topological polar surface area (TPSA) is 75.7 Å². The molecule has 2 amide bonds. The van der Waals surface area contributed by atoms with Gasteiger partial charge in [-0.1, -0.05) is 24.3 Å². The maximum Gasteiger partial charge on any atom is 0.328 e. The molecule has 0 fully saturated rings. The molecular weight excluding hydrogens is 320 g/mol. The quantitative estimate of drug-likeness (QED) is 0.579. The largest absolute Gasteiger partial charge is 0.467 e. The van der Waals surface area contributed by atoms with Crippen LogP contribution in [0.3, 0.4) is 0 Å². The first kappa shape index (κ1) is 20.4. The van der Waals surface area contributed by atoms with Crippen molar-refractivity contribution in [3.63, 3.8) is 0 Å². The molecule has 6 nitrogen and oxygen atoms in total. The van der Waals surface area contributed by atoms with E-state index in [1.165, 1.54) is 7.11 Å². The van der Waals surface area contributed by atoms with Crippen LogP contribution in [0.1, 0.15) is 42.6 Å². The Hall–Kier alpha value is -2.63. The molecule has 0 aliphatic rings. The van der Waals surface area contributed by atoms with E-state index in [-0.39, 0.29) is 11.8 Å². The van der Waals surface area contributed by atoms with Crippen molar-refractivity contribution in [2.24, 2.45) is 0 Å². The van der Waals surface area contributed by atoms with Gasteiger partial charge in [-0.05, 0) is 37.5 Å². The number of unbranched alkanes of at least 4 members (excludes halogenated alkanes) is 1. The molecule has 1 N–H and O–H groups in total. The van der Waals surface area contributed by atoms with Crippen LogP contribution in [-0.2, 0) is 14.3 Å². The van der Waals surface area contributed by atoms with Gasteiger partial charge in [0.1, 0.15) is 6.04 Å². The zero-order valence-corrected chi connectivity index (χ0v) is 15.2. The molecule has 1 rings (SSSR count). The molecule has 0 spiro atoms. The number of benzene rings is 1. The van der Waals surface area contributed by atoms with E-state index in [0.29, 0.717) is 12.1 Å². The molecular formula is C19H26N2O4. The zero-order chi connectivity index (χ0) is 18.8. The van der Waals surface area contributed by atoms with Crippen LogP contribution in [0.4, 0.5) is 0 Å². The number of hydrogen-bond acceptors (Lipinski definition) is 4. The lowest BCUT2D eigenvalue weighted by Gasteiger charge is -2.13. The number of nitrogens with one attached hydrogen (secondary N) is 1. The molecule has 25 heavy (non-hydrogen) atoms. The summed E-state index contributed by atoms with van der Waals surface area (Å²) in [5.74, 6) is -0.750. The van der Waals surface area contributed by atoms with Crippen molar-refractivity contribution in [2.45, 2.75) is 32.7 Å². The lowest BCUT2D eigenvalue weighted by molar-refractivity contribution is -0.142. The second-order valence-corrected chi connectivity index (χ2v) is 5.83. The summed E-state index contributed by atoms with van der Waals surface area (Å²) in [6, 6.07) is 6.45. The molecule has 0 aromatic heterocycles. The summed E-state index contributed by atoms with van der Waals surface area (Å²) < 4.78 is 4.59. The normalized spacial score (nSPS) is 11.8. The second-order valence-electron chi connectivity index (χ2n) is 5.83. The Morgan fingerprint density at radius 2 is 2.04 bits per heavy atom. The third kappa shape index (κ3) is 7.20. The second kappa shape index (κ2) is 10.3. The fourth-order valence-corrected chi connectivity index (χ4v) is 2.12. The van der Waals surface area contributed by atoms with Crippen molar-refractivity contribution >= 4 is 23.9 Å². The number of amides is 2. The van der Waals surface area contributed by atoms with Gasteiger partial charge in [0.05, 0.1) is 7.11 Å². The first-order chi connectivity index (χ1) is 11.8. The predicted molar refractivity (Wildman–Crippen MR) is 97.0 cm³/mol. The van der Waals surface area contributed by atoms with Crippen LogP contribution in [0.2, 0.25) is 0 Å². The van der Waals surface area contributed by atoms with Gasteiger partial charge in [0.2, 0.25) is 5.91 Å². The summed E-state index contributed by atoms with van der Waals surface area (Å²) in [5.41, 5.74) is 1.38. The Kier molecular flexibility index (Phi) is 8.39. The third-order valence-corrected chi connectivity index (χ3v) is 3.76. The molecule has 6 heteroatoms. The van der Waals surface area contributed by atoms with E-state index in [2.05, 4.69) is 10.1 Å². The van der Waals surface area contributed by atoms with E-state index >= 15 is 0 Å². The van der Waals surface area contributed by atoms with Gasteiger partial charge in [-0.15, -0.1) is 0 Å². The van der Waals surface area contributed by atoms with Crippen LogP contribution in [0, 0.1) is 0 Å². The van der Waals surface area contributed by atoms with Gasteiger partial charge in [-0.2, -0.15) is 0 Å². The molecule has 0 saturated heterocycles. The van der Waals surface area contributed by atoms with Crippen molar-refractivity contribution in [1.82, 2.24) is 10.2 Å². The molecule has 0 heterocycles. The van der Waals surface area contributed by atoms with Crippen LogP contribution in [-0.4, -0.2) is 49.4 Å². The highest BCUT2D eigenvalue weighted by atomic mass is 16.5. The number of ether oxygens (including phenoxy) is 1. The number of esters is 1. The predicted octanol–water partition coefficient (Wildman–Crippen LogP) is 2.25. The fraction of sp³-hybridized carbons (Fsp3) is 0.421. The van der Waals surface area contributed by atoms with E-state index in [1.807, 2.05) is 18.2 Å². The number of allylic oxidation sites excluding steroid dienone is 1. The first-order valence-corrected chi connectivity index (χ1v) is 8.22. The van der Waals surface area contributed by atoms with Gasteiger partial charge in [-0.3, -0.25) is 9.59 Å². The number of carbonyl (C=O) groups is 3. The zero-order valence-electron chi connectivity index (χ0n) is 15.2. The molecule has 1 aromatic rings. The smallest absolute Gasteiger partial charge is 0.328 e. The Morgan fingerprint density at radius 1 is 1.32 bits per heavy atom. The van der Waals surface area contributed by atoms with Crippen molar-refractivity contribution in [3.05, 3.63) is 41.5 Å². The first-order valence-electron chi connectivity index (χ1n) is 8.22. The highest BCUT2D eigenvalue weighted by Crippen LogP contribution is 2.09. The number of hydrogen-bond donors (Lipinski definition) is 1. The SMILES string of the molecule is COC(=O)[C@@H](C)NC(=O)c1cccc(C=CCCCN(C)C(C)=O)c1. The summed E-state index contributed by atoms with van der Waals surface area (Å²) in [5, 5.41) is 2.60. The Morgan fingerprint density at radius 3 is 2.68 bits per heavy atom. The maximum atomic E-state index is 12.2. The molecule has 0 bridgehead atoms. The van der Waals surface area contributed by atoms with Gasteiger partial charge < -0.3 is 15.0 Å². The third-order valence-electron chi connectivity index (χ3n) is 3.76. The summed E-state index contributed by atoms with van der Waals surface area (Å²) in [7, 11) is 3.06. The average Bonchev–Trinajstić information content (AvgIpc) is 2.60. The highest BCUT2D eigenvalue weighted by molar-refractivity contribution is 5.97. The number of nitrogens with zero attached hydrogens (tertiary/aromatic N) is 1. The van der Waals surface area contributed by atoms with Crippen molar-refractivity contribution in [1.29, 1.82) is 0 Å². The average molecular weight is 346 g/mol. The van der Waals surface area contributed by atoms with Crippen LogP contribution in [0.15, 0.2) is 30.3 Å². The lowest BCUT2D eigenvalue weighted by Crippen LogP contribution is -2.39. The fourth-order valence-electron chi connectivity index (χ4n) is 2.12. The van der Waals surface area contributed by atoms with E-state index in [9.17, 15) is 14.4 Å². The summed E-state index contributed by atoms with van der Waals surface area (Å²) in [6.45, 7) is 3.84. The van der Waals surface area contributed by atoms with E-state index in [1.54, 1.807) is 44.0 Å². The van der Waals surface area contributed by atoms with Crippen molar-refractivity contribution < 1.29 is 19.1 Å². The standard InChI is InChI=1S/C19H26N2O4/c1-14(19(24)25-4)20-18(23)17-11-8-10-16(13-17)9-6-5-7-12-21(3)15(2)22/h6,8-11,13-14H,5,7,12H2,1-4H3,(H,20,23)/t14-/m1/s1. The maximum absolute atomic E-state index is 12.2. The molecule has 0 radical (unpaired) electrons. The molecule has 0 saturated carbocycles. The minimum Gasteiger partial charge on any atom is -0.467 e. The summed E-state index contributed by atoms with van der Waals surface area (Å²) in [6.07, 6.45) is 5.67. The van der Waals surface area contributed by atoms with E-state index in [4.69, 9.17) is 0 Å². The van der Waals surface area contributed by atoms with Gasteiger partial charge in [0, 0.05) is 26.1 Å². The van der Waals surface area contributed by atoms with Gasteiger partial charge in [0.15, 0.2) is 0 Å². The monoisotopic (exact) mass is 346 g/mol. The molecule has 0 aliphatic carbocycles. The van der Waals surface area contributed by atoms with Gasteiger partial charge >= 0.3 is 5.97 Å². The molecule has 1 aromatic carbocycles. The highest BCUT2D eigenvalue weighted by Gasteiger charge is 2.16. The van der Waals surface area contributed by atoms with Crippen LogP contribution in [0.5, 0.6) is 0 Å². The molecule has 136 valence electrons. The number of rotatable bonds is 8. The van der Waals surface area contributed by atoms with Crippen LogP contribution >= 0.6 is 0 Å². The Bertz CT molecular complexity index is 640. The Labute approximate surface area is 148 Å². The van der Waals surface area contributed by atoms with Crippen LogP contribution in [0.25, 0.3) is 6.08 Å². The van der Waals surface area contributed by atoms with Crippen molar-refractivity contribution in [2.75, 3.05) is 20.7 Å². The lowest BCUT2D eigenvalue weighted by atomic mass is 10.1. The van der Waals surface area contributed by atoms with Gasteiger partial charge in [0.25, 0.3) is 5.91 Å². The van der Waals surface area contributed by atoms with Crippen LogP contribution < -0.4 is 5.32 Å². The molecule has 1 atom stereocenters. The number of methoxy groups -OCH3 is 1. The molecule has 0 unspecified atom stereocenters. The Balaban J connectivity index is 2.56. The van der Waals surface area contributed by atoms with E-state index < -0.39 is 12.0 Å². The van der Waals surface area contributed by atoms with Crippen molar-refractivity contribution in [3.8, 4) is 0 Å². The summed E-state index contributed by atoms with van der Waals surface area (Å²) >= 11 is 0. The molecule has 0 aliphatic heterocycles. The minimum atomic E-state index is -0.699. The van der Waals surface area contributed by atoms with Gasteiger partial charge in [-0.25, -0.2) is 4.79 Å². The van der Waals surface area contributed by atoms with E-state index in [0.717, 1.165) is 18.4 Å². The minimum absolute atomic E-state index is 0.0591.